The molecule has 136 valence electrons. The van der Waals surface area contributed by atoms with E-state index in [0.29, 0.717) is 12.5 Å². The van der Waals surface area contributed by atoms with Gasteiger partial charge in [-0.3, -0.25) is 4.90 Å². The zero-order valence-electron chi connectivity index (χ0n) is 16.2. The van der Waals surface area contributed by atoms with Crippen molar-refractivity contribution in [3.05, 3.63) is 25.1 Å². The van der Waals surface area contributed by atoms with Gasteiger partial charge < -0.3 is 9.64 Å². The van der Waals surface area contributed by atoms with Crippen LogP contribution in [-0.4, -0.2) is 43.1 Å². The summed E-state index contributed by atoms with van der Waals surface area (Å²) in [5.74, 6) is 0.442. The first-order chi connectivity index (χ1) is 11.0. The lowest BCUT2D eigenvalue weighted by Gasteiger charge is -2.14. The van der Waals surface area contributed by atoms with E-state index in [0.717, 1.165) is 25.8 Å². The number of allylic oxidation sites excluding steroid dienone is 1. The number of carbonyl (C=O) groups is 1. The third kappa shape index (κ3) is 15.4. The molecule has 0 aliphatic carbocycles. The predicted octanol–water partition coefficient (Wildman–Crippen LogP) is 5.28. The Bertz CT molecular complexity index is 314. The van der Waals surface area contributed by atoms with Crippen LogP contribution in [0.3, 0.4) is 0 Å². The molecule has 0 unspecified atom stereocenters. The number of nitrogens with zero attached hydrogens (tertiary/aromatic N) is 2. The van der Waals surface area contributed by atoms with E-state index >= 15 is 0 Å². The van der Waals surface area contributed by atoms with Gasteiger partial charge in [-0.15, -0.1) is 0 Å². The lowest BCUT2D eigenvalue weighted by molar-refractivity contribution is 0.125. The molecule has 0 rings (SSSR count). The highest BCUT2D eigenvalue weighted by Crippen LogP contribution is 2.06. The number of hydrogen-bond acceptors (Lipinski definition) is 3. The monoisotopic (exact) mass is 326 g/mol. The molecule has 1 amide bonds. The van der Waals surface area contributed by atoms with E-state index in [1.54, 1.807) is 6.20 Å². The van der Waals surface area contributed by atoms with Crippen molar-refractivity contribution in [1.29, 1.82) is 0 Å². The Balaban J connectivity index is 0. The lowest BCUT2D eigenvalue weighted by Crippen LogP contribution is -2.21. The minimum absolute atomic E-state index is 0.349. The molecule has 0 bridgehead atoms. The topological polar surface area (TPSA) is 32.8 Å². The molecular weight excluding hydrogens is 288 g/mol. The predicted molar refractivity (Wildman–Crippen MR) is 100 cm³/mol. The van der Waals surface area contributed by atoms with Crippen molar-refractivity contribution in [2.45, 2.75) is 59.8 Å². The summed E-state index contributed by atoms with van der Waals surface area (Å²) in [5, 5.41) is 0. The highest BCUT2D eigenvalue weighted by Gasteiger charge is 2.08. The van der Waals surface area contributed by atoms with Crippen LogP contribution in [0.2, 0.25) is 0 Å². The number of hydrogen-bond donors (Lipinski definition) is 0. The second-order valence-corrected chi connectivity index (χ2v) is 5.65. The number of rotatable bonds is 11. The Kier molecular flexibility index (Phi) is 17.8. The summed E-state index contributed by atoms with van der Waals surface area (Å²) in [6.07, 6.45) is 10.3. The standard InChI is InChI=1S/C17H32N2O2.C2H6/c1-6-16(3)12-14-19(7-2)17(20)21-15-11-9-8-10-13-18(4)5;1-2/h7,12,14,16H,2,6,8-11,13,15H2,1,3-5H3;1-2H3/b14-12-;/t16-;/m1./s1. The first-order valence-electron chi connectivity index (χ1n) is 8.92. The molecule has 0 aromatic rings. The molecule has 0 aliphatic rings. The van der Waals surface area contributed by atoms with E-state index < -0.39 is 0 Å². The van der Waals surface area contributed by atoms with Gasteiger partial charge >= 0.3 is 6.09 Å². The van der Waals surface area contributed by atoms with E-state index in [9.17, 15) is 4.79 Å². The zero-order valence-corrected chi connectivity index (χ0v) is 16.2. The number of amides is 1. The Morgan fingerprint density at radius 3 is 2.30 bits per heavy atom. The van der Waals surface area contributed by atoms with E-state index in [4.69, 9.17) is 4.74 Å². The summed E-state index contributed by atoms with van der Waals surface area (Å²) in [7, 11) is 4.16. The van der Waals surface area contributed by atoms with Crippen LogP contribution < -0.4 is 0 Å². The molecule has 0 aromatic heterocycles. The number of ether oxygens (including phenoxy) is 1. The maximum Gasteiger partial charge on any atom is 0.417 e. The smallest absolute Gasteiger partial charge is 0.417 e. The Morgan fingerprint density at radius 1 is 1.17 bits per heavy atom. The van der Waals surface area contributed by atoms with Crippen molar-refractivity contribution in [3.8, 4) is 0 Å². The molecule has 0 spiro atoms. The summed E-state index contributed by atoms with van der Waals surface area (Å²) in [6, 6.07) is 0. The highest BCUT2D eigenvalue weighted by molar-refractivity contribution is 5.70. The van der Waals surface area contributed by atoms with Gasteiger partial charge in [-0.2, -0.15) is 0 Å². The molecule has 0 heterocycles. The van der Waals surface area contributed by atoms with Crippen LogP contribution in [0.5, 0.6) is 0 Å². The van der Waals surface area contributed by atoms with Crippen molar-refractivity contribution in [1.82, 2.24) is 9.80 Å². The molecule has 0 aliphatic heterocycles. The fourth-order valence-corrected chi connectivity index (χ4v) is 1.69. The van der Waals surface area contributed by atoms with Crippen molar-refractivity contribution < 1.29 is 9.53 Å². The molecule has 4 heteroatoms. The van der Waals surface area contributed by atoms with Gasteiger partial charge in [0.1, 0.15) is 0 Å². The molecule has 0 saturated carbocycles. The van der Waals surface area contributed by atoms with Gasteiger partial charge in [0.25, 0.3) is 0 Å². The fourth-order valence-electron chi connectivity index (χ4n) is 1.69. The fraction of sp³-hybridized carbons (Fsp3) is 0.737. The number of unbranched alkanes of at least 4 members (excludes halogenated alkanes) is 3. The third-order valence-corrected chi connectivity index (χ3v) is 3.35. The summed E-state index contributed by atoms with van der Waals surface area (Å²) in [4.78, 5) is 15.4. The number of carbonyl (C=O) groups excluding carboxylic acids is 1. The van der Waals surface area contributed by atoms with Crippen LogP contribution in [0, 0.1) is 5.92 Å². The minimum Gasteiger partial charge on any atom is -0.449 e. The summed E-state index contributed by atoms with van der Waals surface area (Å²) >= 11 is 0. The van der Waals surface area contributed by atoms with E-state index in [2.05, 4.69) is 39.4 Å². The van der Waals surface area contributed by atoms with Crippen LogP contribution >= 0.6 is 0 Å². The van der Waals surface area contributed by atoms with Gasteiger partial charge in [0.15, 0.2) is 0 Å². The second-order valence-electron chi connectivity index (χ2n) is 5.65. The van der Waals surface area contributed by atoms with Gasteiger partial charge in [-0.1, -0.05) is 59.6 Å². The molecule has 0 N–H and O–H groups in total. The first-order valence-corrected chi connectivity index (χ1v) is 8.92. The van der Waals surface area contributed by atoms with E-state index in [1.807, 2.05) is 19.9 Å². The van der Waals surface area contributed by atoms with Gasteiger partial charge in [0.05, 0.1) is 6.61 Å². The Labute approximate surface area is 144 Å². The highest BCUT2D eigenvalue weighted by atomic mass is 16.6. The second kappa shape index (κ2) is 17.1. The quantitative estimate of drug-likeness (QED) is 0.484. The Morgan fingerprint density at radius 2 is 1.78 bits per heavy atom. The molecule has 0 fully saturated rings. The molecule has 0 saturated heterocycles. The van der Waals surface area contributed by atoms with Crippen LogP contribution in [0.15, 0.2) is 25.1 Å². The SMILES string of the molecule is C=CN(/C=C\[C@H](C)CC)C(=O)OCCCCCCN(C)C.CC. The van der Waals surface area contributed by atoms with Crippen molar-refractivity contribution in [2.24, 2.45) is 5.92 Å². The van der Waals surface area contributed by atoms with Crippen LogP contribution in [0.4, 0.5) is 4.79 Å². The molecule has 4 nitrogen and oxygen atoms in total. The largest absolute Gasteiger partial charge is 0.449 e. The normalized spacial score (nSPS) is 11.8. The van der Waals surface area contributed by atoms with Gasteiger partial charge in [0, 0.05) is 12.4 Å². The van der Waals surface area contributed by atoms with E-state index in [-0.39, 0.29) is 6.09 Å². The molecular formula is C19H38N2O2. The molecule has 0 radical (unpaired) electrons. The molecule has 0 aromatic carbocycles. The van der Waals surface area contributed by atoms with Gasteiger partial charge in [-0.05, 0) is 39.4 Å². The summed E-state index contributed by atoms with van der Waals surface area (Å²) in [5.41, 5.74) is 0. The lowest BCUT2D eigenvalue weighted by atomic mass is 10.1. The van der Waals surface area contributed by atoms with Crippen LogP contribution in [0.1, 0.15) is 59.8 Å². The average Bonchev–Trinajstić information content (AvgIpc) is 2.55. The molecule has 1 atom stereocenters. The third-order valence-electron chi connectivity index (χ3n) is 3.35. The van der Waals surface area contributed by atoms with Crippen LogP contribution in [-0.2, 0) is 4.74 Å². The molecule has 23 heavy (non-hydrogen) atoms. The van der Waals surface area contributed by atoms with Crippen molar-refractivity contribution in [2.75, 3.05) is 27.2 Å². The zero-order chi connectivity index (χ0) is 18.1. The summed E-state index contributed by atoms with van der Waals surface area (Å²) < 4.78 is 5.24. The van der Waals surface area contributed by atoms with Crippen LogP contribution in [0.25, 0.3) is 0 Å². The first kappa shape index (κ1) is 24.0. The Hall–Kier alpha value is -1.29. The van der Waals surface area contributed by atoms with Crippen molar-refractivity contribution in [3.63, 3.8) is 0 Å². The van der Waals surface area contributed by atoms with E-state index in [1.165, 1.54) is 23.9 Å². The summed E-state index contributed by atoms with van der Waals surface area (Å²) in [6.45, 7) is 13.5. The minimum atomic E-state index is -0.349. The van der Waals surface area contributed by atoms with Gasteiger partial charge in [0.2, 0.25) is 0 Å². The van der Waals surface area contributed by atoms with Crippen molar-refractivity contribution >= 4 is 6.09 Å². The maximum absolute atomic E-state index is 11.8. The average molecular weight is 327 g/mol. The maximum atomic E-state index is 11.8. The van der Waals surface area contributed by atoms with Gasteiger partial charge in [-0.25, -0.2) is 4.79 Å².